The minimum Gasteiger partial charge on any atom is -0.381 e. The van der Waals surface area contributed by atoms with Crippen LogP contribution < -0.4 is 10.6 Å². The molecule has 3 heterocycles. The van der Waals surface area contributed by atoms with E-state index in [4.69, 9.17) is 14.0 Å². The number of carbonyl (C=O) groups is 1. The predicted molar refractivity (Wildman–Crippen MR) is 85.4 cm³/mol. The average Bonchev–Trinajstić information content (AvgIpc) is 3.05. The van der Waals surface area contributed by atoms with Gasteiger partial charge in [0, 0.05) is 26.4 Å². The monoisotopic (exact) mass is 338 g/mol. The maximum absolute atomic E-state index is 12.3. The Morgan fingerprint density at radius 1 is 1.25 bits per heavy atom. The van der Waals surface area contributed by atoms with Crippen molar-refractivity contribution in [1.82, 2.24) is 20.8 Å². The van der Waals surface area contributed by atoms with Crippen LogP contribution in [0.1, 0.15) is 49.9 Å². The second-order valence-corrected chi connectivity index (χ2v) is 6.45. The van der Waals surface area contributed by atoms with Crippen LogP contribution in [0.15, 0.2) is 4.52 Å². The molecule has 0 aromatic carbocycles. The van der Waals surface area contributed by atoms with E-state index in [9.17, 15) is 4.79 Å². The van der Waals surface area contributed by atoms with Gasteiger partial charge in [-0.2, -0.15) is 4.98 Å². The molecule has 0 unspecified atom stereocenters. The molecule has 1 aromatic heterocycles. The number of nitrogens with one attached hydrogen (secondary N) is 2. The molecular weight excluding hydrogens is 312 g/mol. The van der Waals surface area contributed by atoms with Gasteiger partial charge in [0.15, 0.2) is 5.82 Å². The quantitative estimate of drug-likeness (QED) is 0.848. The lowest BCUT2D eigenvalue weighted by atomic mass is 9.91. The molecule has 1 aromatic rings. The molecule has 24 heavy (non-hydrogen) atoms. The summed E-state index contributed by atoms with van der Waals surface area (Å²) in [6.07, 6.45) is 5.07. The number of aryl methyl sites for hydroxylation is 1. The lowest BCUT2D eigenvalue weighted by molar-refractivity contribution is 0.0181. The number of hydrogen-bond acceptors (Lipinski definition) is 6. The first-order chi connectivity index (χ1) is 11.7. The molecule has 134 valence electrons. The summed E-state index contributed by atoms with van der Waals surface area (Å²) in [5.74, 6) is 1.26. The molecular formula is C16H26N4O4. The van der Waals surface area contributed by atoms with E-state index in [-0.39, 0.29) is 24.1 Å². The Morgan fingerprint density at radius 2 is 2.08 bits per heavy atom. The van der Waals surface area contributed by atoms with Gasteiger partial charge in [0.1, 0.15) is 6.04 Å². The molecule has 2 N–H and O–H groups in total. The number of hydrogen-bond donors (Lipinski definition) is 2. The normalized spacial score (nSPS) is 23.6. The Bertz CT molecular complexity index is 524. The standard InChI is InChI=1S/C16H26N4O4/c1-11-18-15(24-20-11)14(12-5-8-22-9-6-12)19-16(21)17-10-13-4-2-3-7-23-13/h12-14H,2-10H2,1H3,(H2,17,19,21)/t13-,14-/m1/s1. The van der Waals surface area contributed by atoms with Crippen molar-refractivity contribution < 1.29 is 18.8 Å². The summed E-state index contributed by atoms with van der Waals surface area (Å²) in [6.45, 7) is 4.45. The van der Waals surface area contributed by atoms with Crippen LogP contribution in [0.4, 0.5) is 4.79 Å². The van der Waals surface area contributed by atoms with Gasteiger partial charge >= 0.3 is 6.03 Å². The number of rotatable bonds is 5. The largest absolute Gasteiger partial charge is 0.381 e. The Kier molecular flexibility index (Phi) is 6.03. The van der Waals surface area contributed by atoms with E-state index in [0.717, 1.165) is 38.7 Å². The van der Waals surface area contributed by atoms with E-state index in [1.165, 1.54) is 0 Å². The fraction of sp³-hybridized carbons (Fsp3) is 0.812. The highest BCUT2D eigenvalue weighted by atomic mass is 16.5. The fourth-order valence-corrected chi connectivity index (χ4v) is 3.24. The highest BCUT2D eigenvalue weighted by molar-refractivity contribution is 5.74. The zero-order chi connectivity index (χ0) is 16.8. The van der Waals surface area contributed by atoms with Crippen LogP contribution in [0.2, 0.25) is 0 Å². The third kappa shape index (κ3) is 4.67. The molecule has 2 saturated heterocycles. The molecule has 0 radical (unpaired) electrons. The molecule has 2 atom stereocenters. The first-order valence-corrected chi connectivity index (χ1v) is 8.76. The van der Waals surface area contributed by atoms with E-state index in [1.807, 2.05) is 0 Å². The Hall–Kier alpha value is -1.67. The van der Waals surface area contributed by atoms with Crippen molar-refractivity contribution in [2.75, 3.05) is 26.4 Å². The van der Waals surface area contributed by atoms with Gasteiger partial charge in [0.25, 0.3) is 0 Å². The molecule has 8 heteroatoms. The van der Waals surface area contributed by atoms with E-state index >= 15 is 0 Å². The Labute approximate surface area is 141 Å². The van der Waals surface area contributed by atoms with Crippen LogP contribution in [0, 0.1) is 12.8 Å². The number of ether oxygens (including phenoxy) is 2. The predicted octanol–water partition coefficient (Wildman–Crippen LogP) is 1.71. The number of urea groups is 1. The highest BCUT2D eigenvalue weighted by Gasteiger charge is 2.31. The SMILES string of the molecule is Cc1noc([C@H](NC(=O)NC[C@H]2CCCCO2)C2CCOCC2)n1. The van der Waals surface area contributed by atoms with Crippen LogP contribution >= 0.6 is 0 Å². The van der Waals surface area contributed by atoms with Gasteiger partial charge in [0.2, 0.25) is 5.89 Å². The minimum absolute atomic E-state index is 0.108. The molecule has 0 spiro atoms. The molecule has 2 amide bonds. The molecule has 0 saturated carbocycles. The van der Waals surface area contributed by atoms with Gasteiger partial charge in [-0.1, -0.05) is 5.16 Å². The van der Waals surface area contributed by atoms with E-state index in [0.29, 0.717) is 31.5 Å². The molecule has 0 bridgehead atoms. The Balaban J connectivity index is 1.57. The number of aromatic nitrogens is 2. The minimum atomic E-state index is -0.289. The first kappa shape index (κ1) is 17.2. The zero-order valence-corrected chi connectivity index (χ0v) is 14.1. The lowest BCUT2D eigenvalue weighted by Crippen LogP contribution is -2.45. The van der Waals surface area contributed by atoms with E-state index in [1.54, 1.807) is 6.92 Å². The van der Waals surface area contributed by atoms with Crippen molar-refractivity contribution in [1.29, 1.82) is 0 Å². The molecule has 0 aliphatic carbocycles. The smallest absolute Gasteiger partial charge is 0.315 e. The first-order valence-electron chi connectivity index (χ1n) is 8.76. The van der Waals surface area contributed by atoms with Gasteiger partial charge in [0.05, 0.1) is 6.10 Å². The number of amides is 2. The molecule has 3 rings (SSSR count). The van der Waals surface area contributed by atoms with Crippen molar-refractivity contribution in [2.45, 2.75) is 51.2 Å². The third-order valence-electron chi connectivity index (χ3n) is 4.60. The maximum Gasteiger partial charge on any atom is 0.315 e. The average molecular weight is 338 g/mol. The second kappa shape index (κ2) is 8.43. The summed E-state index contributed by atoms with van der Waals surface area (Å²) in [6, 6.07) is -0.515. The van der Waals surface area contributed by atoms with Crippen molar-refractivity contribution in [2.24, 2.45) is 5.92 Å². The molecule has 2 fully saturated rings. The van der Waals surface area contributed by atoms with Crippen LogP contribution in [0.5, 0.6) is 0 Å². The van der Waals surface area contributed by atoms with Crippen LogP contribution in [0.25, 0.3) is 0 Å². The third-order valence-corrected chi connectivity index (χ3v) is 4.60. The summed E-state index contributed by atoms with van der Waals surface area (Å²) in [4.78, 5) is 16.6. The van der Waals surface area contributed by atoms with Gasteiger partial charge in [-0.3, -0.25) is 0 Å². The van der Waals surface area contributed by atoms with Crippen molar-refractivity contribution in [3.05, 3.63) is 11.7 Å². The van der Waals surface area contributed by atoms with Crippen LogP contribution in [-0.2, 0) is 9.47 Å². The topological polar surface area (TPSA) is 98.5 Å². The molecule has 8 nitrogen and oxygen atoms in total. The fourth-order valence-electron chi connectivity index (χ4n) is 3.24. The summed E-state index contributed by atoms with van der Waals surface area (Å²) in [7, 11) is 0. The van der Waals surface area contributed by atoms with E-state index in [2.05, 4.69) is 20.8 Å². The van der Waals surface area contributed by atoms with Gasteiger partial charge < -0.3 is 24.6 Å². The summed E-state index contributed by atoms with van der Waals surface area (Å²) < 4.78 is 16.4. The maximum atomic E-state index is 12.3. The zero-order valence-electron chi connectivity index (χ0n) is 14.1. The summed E-state index contributed by atoms with van der Waals surface area (Å²) >= 11 is 0. The number of nitrogens with zero attached hydrogens (tertiary/aromatic N) is 2. The van der Waals surface area contributed by atoms with Crippen LogP contribution in [-0.4, -0.2) is 48.6 Å². The summed E-state index contributed by atoms with van der Waals surface area (Å²) in [5, 5.41) is 9.75. The van der Waals surface area contributed by atoms with Gasteiger partial charge in [-0.05, 0) is 44.9 Å². The van der Waals surface area contributed by atoms with E-state index < -0.39 is 0 Å². The Morgan fingerprint density at radius 3 is 2.75 bits per heavy atom. The van der Waals surface area contributed by atoms with Gasteiger partial charge in [-0.25, -0.2) is 4.79 Å². The molecule has 2 aliphatic heterocycles. The van der Waals surface area contributed by atoms with Crippen molar-refractivity contribution in [3.8, 4) is 0 Å². The number of carbonyl (C=O) groups excluding carboxylic acids is 1. The lowest BCUT2D eigenvalue weighted by Gasteiger charge is -2.29. The van der Waals surface area contributed by atoms with Crippen molar-refractivity contribution >= 4 is 6.03 Å². The molecule has 2 aliphatic rings. The highest BCUT2D eigenvalue weighted by Crippen LogP contribution is 2.29. The van der Waals surface area contributed by atoms with Crippen LogP contribution in [0.3, 0.4) is 0 Å². The van der Waals surface area contributed by atoms with Gasteiger partial charge in [-0.15, -0.1) is 0 Å². The van der Waals surface area contributed by atoms with Crippen molar-refractivity contribution in [3.63, 3.8) is 0 Å². The second-order valence-electron chi connectivity index (χ2n) is 6.45. The summed E-state index contributed by atoms with van der Waals surface area (Å²) in [5.41, 5.74) is 0.